The third-order valence-electron chi connectivity index (χ3n) is 15.0. The van der Waals surface area contributed by atoms with E-state index in [2.05, 4.69) is 84.5 Å². The fraction of sp³-hybridized carbons (Fsp3) is 0.0667. The molecule has 0 atom stereocenters. The van der Waals surface area contributed by atoms with Gasteiger partial charge < -0.3 is 29.9 Å². The molecule has 6 heterocycles. The minimum Gasteiger partial charge on any atom is -0.305 e. The second-order valence-corrected chi connectivity index (χ2v) is 22.0. The van der Waals surface area contributed by atoms with Gasteiger partial charge in [-0.1, -0.05) is 148 Å². The van der Waals surface area contributed by atoms with Gasteiger partial charge in [0.15, 0.2) is 0 Å². The van der Waals surface area contributed by atoms with Gasteiger partial charge in [0, 0.05) is 102 Å². The number of aromatic nitrogens is 6. The van der Waals surface area contributed by atoms with Gasteiger partial charge in [-0.2, -0.15) is 0 Å². The summed E-state index contributed by atoms with van der Waals surface area (Å²) < 4.78 is 36.8. The Hall–Kier alpha value is -10.2. The Morgan fingerprint density at radius 2 is 0.610 bits per heavy atom. The summed E-state index contributed by atoms with van der Waals surface area (Å²) in [6, 6.07) is 116. The van der Waals surface area contributed by atoms with Crippen molar-refractivity contribution in [1.29, 1.82) is 0 Å². The van der Waals surface area contributed by atoms with Crippen molar-refractivity contribution in [3.05, 3.63) is 399 Å². The fourth-order valence-corrected chi connectivity index (χ4v) is 9.70. The molecule has 0 aliphatic carbocycles. The molecule has 10 heteroatoms. The van der Waals surface area contributed by atoms with Crippen LogP contribution in [0.1, 0.15) is 47.5 Å². The third-order valence-corrected chi connectivity index (χ3v) is 15.0. The van der Waals surface area contributed by atoms with Crippen LogP contribution in [0.2, 0.25) is 0 Å². The Kier molecular flexibility index (Phi) is 30.4. The van der Waals surface area contributed by atoms with Crippen LogP contribution in [0.5, 0.6) is 0 Å². The summed E-state index contributed by atoms with van der Waals surface area (Å²) in [5.74, 6) is -0.749. The van der Waals surface area contributed by atoms with E-state index < -0.39 is 12.3 Å². The van der Waals surface area contributed by atoms with Crippen LogP contribution in [0, 0.1) is 49.1 Å². The molecule has 6 aromatic heterocycles. The molecule has 0 aliphatic heterocycles. The predicted octanol–water partition coefficient (Wildman–Crippen LogP) is 22.4. The standard InChI is InChI=1S/C20H18N.C19H16N.C18H13FN.3C11H8N.3Ir/c1-15(2)16-8-10-17(11-9-16)19-12-13-20(21-14-19)18-6-4-3-5-7-18;1-2-15-8-10-16(11-9-15)18-12-13-19(20-14-18)17-6-4-3-5-7-17;1-13-11-15(7-9-17(13)19)16-8-10-18(20-12-16)14-5-3-2-4-6-14;3*1-2-6-10(7-3-1)11-8-4-5-9-12-11;;;/h3-6,8-15H,1-2H3;3-6,8-14H,2H2,1H3;2-5,7-12H,1H3;3*1-6,8-9H;;;/q6*-1;;;/i15D;2D2;;;;;;;. The van der Waals surface area contributed by atoms with Gasteiger partial charge in [0.25, 0.3) is 0 Å². The summed E-state index contributed by atoms with van der Waals surface area (Å²) >= 11 is 0. The predicted molar refractivity (Wildman–Crippen MR) is 396 cm³/mol. The normalized spacial score (nSPS) is 10.6. The van der Waals surface area contributed by atoms with Crippen LogP contribution in [-0.4, -0.2) is 29.9 Å². The van der Waals surface area contributed by atoms with Crippen molar-refractivity contribution in [2.24, 2.45) is 0 Å². The summed E-state index contributed by atoms with van der Waals surface area (Å²) in [5, 5.41) is 0. The van der Waals surface area contributed by atoms with Crippen LogP contribution in [0.15, 0.2) is 340 Å². The molecule has 0 bridgehead atoms. The van der Waals surface area contributed by atoms with E-state index in [1.807, 2.05) is 305 Å². The van der Waals surface area contributed by atoms with Crippen molar-refractivity contribution in [3.63, 3.8) is 0 Å². The second-order valence-electron chi connectivity index (χ2n) is 22.0. The molecule has 0 N–H and O–H groups in total. The van der Waals surface area contributed by atoms with Crippen molar-refractivity contribution in [2.45, 2.75) is 40.0 Å². The summed E-state index contributed by atoms with van der Waals surface area (Å²) in [5.41, 5.74) is 20.2. The largest absolute Gasteiger partial charge is 0.305 e. The topological polar surface area (TPSA) is 77.3 Å². The maximum Gasteiger partial charge on any atom is 0.126 e. The molecule has 0 unspecified atom stereocenters. The Morgan fingerprint density at radius 1 is 0.330 bits per heavy atom. The number of benzene rings is 9. The van der Waals surface area contributed by atoms with Crippen molar-refractivity contribution >= 4 is 0 Å². The molecule has 0 spiro atoms. The Balaban J connectivity index is 0.000000175. The van der Waals surface area contributed by atoms with E-state index in [1.54, 1.807) is 38.5 Å². The van der Waals surface area contributed by atoms with Gasteiger partial charge in [-0.05, 0) is 134 Å². The Morgan fingerprint density at radius 3 is 0.860 bits per heavy atom. The van der Waals surface area contributed by atoms with E-state index in [9.17, 15) is 4.39 Å². The van der Waals surface area contributed by atoms with Crippen molar-refractivity contribution < 1.29 is 68.8 Å². The van der Waals surface area contributed by atoms with Gasteiger partial charge in [-0.25, -0.2) is 4.39 Å². The third kappa shape index (κ3) is 23.8. The van der Waals surface area contributed by atoms with Crippen LogP contribution < -0.4 is 0 Å². The van der Waals surface area contributed by atoms with Crippen LogP contribution in [0.4, 0.5) is 4.39 Å². The molecule has 0 saturated heterocycles. The molecule has 100 heavy (non-hydrogen) atoms. The van der Waals surface area contributed by atoms with E-state index in [4.69, 9.17) is 4.11 Å². The van der Waals surface area contributed by atoms with E-state index in [0.717, 1.165) is 106 Å². The quantitative estimate of drug-likeness (QED) is 0.120. The maximum atomic E-state index is 13.3. The van der Waals surface area contributed by atoms with Crippen molar-refractivity contribution in [1.82, 2.24) is 29.9 Å². The Bertz CT molecular complexity index is 4400. The first-order valence-corrected chi connectivity index (χ1v) is 31.6. The monoisotopic (exact) mass is 1840 g/mol. The van der Waals surface area contributed by atoms with Crippen LogP contribution >= 0.6 is 0 Å². The summed E-state index contributed by atoms with van der Waals surface area (Å²) in [6.07, 6.45) is 9.58. The molecular formula is C90H71FIr3N6-6. The molecule has 0 aliphatic rings. The first-order valence-electron chi connectivity index (χ1n) is 33.1. The smallest absolute Gasteiger partial charge is 0.126 e. The molecule has 501 valence electrons. The molecule has 0 saturated carbocycles. The maximum absolute atomic E-state index is 13.3. The van der Waals surface area contributed by atoms with Crippen LogP contribution in [-0.2, 0) is 66.7 Å². The van der Waals surface area contributed by atoms with Gasteiger partial charge in [0.1, 0.15) is 5.82 Å². The minimum absolute atomic E-state index is 0. The minimum atomic E-state index is -1.32. The number of pyridine rings is 6. The van der Waals surface area contributed by atoms with Crippen LogP contribution in [0.3, 0.4) is 0 Å². The number of hydrogen-bond donors (Lipinski definition) is 0. The molecule has 15 aromatic rings. The van der Waals surface area contributed by atoms with Crippen LogP contribution in [0.25, 0.3) is 101 Å². The molecule has 0 fully saturated rings. The van der Waals surface area contributed by atoms with E-state index in [0.29, 0.717) is 11.1 Å². The summed E-state index contributed by atoms with van der Waals surface area (Å²) in [7, 11) is 0. The first kappa shape index (κ1) is 72.5. The molecule has 9 aromatic carbocycles. The zero-order valence-electron chi connectivity index (χ0n) is 58.4. The average Bonchev–Trinajstić information content (AvgIpc) is 0.840. The number of nitrogens with zero attached hydrogens (tertiary/aromatic N) is 6. The first-order chi connectivity index (χ1) is 48.7. The summed E-state index contributed by atoms with van der Waals surface area (Å²) in [6.45, 7) is 7.12. The molecule has 0 amide bonds. The number of hydrogen-bond acceptors (Lipinski definition) is 6. The number of aryl methyl sites for hydroxylation is 2. The Labute approximate surface area is 634 Å². The van der Waals surface area contributed by atoms with Gasteiger partial charge >= 0.3 is 0 Å². The van der Waals surface area contributed by atoms with Gasteiger partial charge in [-0.3, -0.25) is 0 Å². The van der Waals surface area contributed by atoms with E-state index >= 15 is 0 Å². The van der Waals surface area contributed by atoms with E-state index in [-0.39, 0.29) is 66.1 Å². The number of rotatable bonds is 11. The van der Waals surface area contributed by atoms with Gasteiger partial charge in [0.05, 0.1) is 0 Å². The molecule has 3 radical (unpaired) electrons. The summed E-state index contributed by atoms with van der Waals surface area (Å²) in [4.78, 5) is 26.1. The van der Waals surface area contributed by atoms with E-state index in [1.165, 1.54) is 6.07 Å². The van der Waals surface area contributed by atoms with Crippen molar-refractivity contribution in [2.75, 3.05) is 0 Å². The number of halogens is 1. The molecule has 6 nitrogen and oxygen atoms in total. The molecule has 15 rings (SSSR count). The zero-order valence-corrected chi connectivity index (χ0v) is 62.6. The second kappa shape index (κ2) is 41.9. The zero-order chi connectivity index (χ0) is 69.8. The molecular weight excluding hydrogens is 1760 g/mol. The fourth-order valence-electron chi connectivity index (χ4n) is 9.70. The van der Waals surface area contributed by atoms with Crippen molar-refractivity contribution in [3.8, 4) is 101 Å². The van der Waals surface area contributed by atoms with Gasteiger partial charge in [-0.15, -0.1) is 215 Å². The SMILES string of the molecule is Cc1cc(-c2ccc(-c3[c-]cccc3)nc2)ccc1F.[2H]C(C)(C)c1ccc(-c2ccc(-c3[c-]cccc3)nc2)cc1.[2H]C([2H])(C)c1ccc(-c2ccc(-c3[c-]cccc3)nc2)cc1.[Ir].[Ir].[Ir].[c-]1ccccc1-c1ccccn1.[c-]1ccccc1-c1ccccn1.[c-]1ccccc1-c1ccccn1. The average molecular weight is 1840 g/mol. The van der Waals surface area contributed by atoms with Gasteiger partial charge in [0.2, 0.25) is 0 Å².